The number of nitrogen functional groups attached to an aromatic ring is 1. The third kappa shape index (κ3) is 4.05. The van der Waals surface area contributed by atoms with Gasteiger partial charge in [0.25, 0.3) is 0 Å². The molecular weight excluding hydrogens is 340 g/mol. The van der Waals surface area contributed by atoms with Crippen molar-refractivity contribution >= 4 is 29.7 Å². The Bertz CT molecular complexity index is 933. The summed E-state index contributed by atoms with van der Waals surface area (Å²) in [5.41, 5.74) is 7.65. The van der Waals surface area contributed by atoms with Crippen molar-refractivity contribution in [2.24, 2.45) is 5.10 Å². The first-order valence-corrected chi connectivity index (χ1v) is 7.83. The first-order valence-electron chi connectivity index (χ1n) is 7.45. The van der Waals surface area contributed by atoms with Crippen molar-refractivity contribution in [2.75, 3.05) is 5.73 Å². The molecule has 0 bridgehead atoms. The minimum Gasteiger partial charge on any atom is -0.423 e. The molecule has 3 rings (SSSR count). The third-order valence-corrected chi connectivity index (χ3v) is 3.68. The quantitative estimate of drug-likeness (QED) is 0.441. The number of esters is 1. The maximum Gasteiger partial charge on any atom is 0.345 e. The van der Waals surface area contributed by atoms with Crippen LogP contribution in [-0.2, 0) is 0 Å². The molecule has 3 aromatic rings. The Morgan fingerprint density at radius 1 is 1.24 bits per heavy atom. The molecule has 1 aromatic heterocycles. The first-order chi connectivity index (χ1) is 12.0. The smallest absolute Gasteiger partial charge is 0.345 e. The van der Waals surface area contributed by atoms with Crippen LogP contribution in [0.15, 0.2) is 59.8 Å². The fourth-order valence-electron chi connectivity index (χ4n) is 2.14. The number of ether oxygens (including phenoxy) is 1. The van der Waals surface area contributed by atoms with E-state index in [2.05, 4.69) is 10.1 Å². The molecule has 0 radical (unpaired) electrons. The van der Waals surface area contributed by atoms with Crippen LogP contribution in [0.25, 0.3) is 0 Å². The van der Waals surface area contributed by atoms with Crippen molar-refractivity contribution in [1.29, 1.82) is 0 Å². The Hall–Kier alpha value is -3.12. The summed E-state index contributed by atoms with van der Waals surface area (Å²) in [6, 6.07) is 13.6. The van der Waals surface area contributed by atoms with Gasteiger partial charge in [-0.2, -0.15) is 5.10 Å². The van der Waals surface area contributed by atoms with Crippen LogP contribution in [0.5, 0.6) is 5.75 Å². The normalized spacial score (nSPS) is 11.0. The Morgan fingerprint density at radius 3 is 2.60 bits per heavy atom. The lowest BCUT2D eigenvalue weighted by atomic mass is 10.2. The van der Waals surface area contributed by atoms with Gasteiger partial charge < -0.3 is 10.5 Å². The number of hydrogen-bond donors (Lipinski definition) is 1. The van der Waals surface area contributed by atoms with Crippen molar-refractivity contribution < 1.29 is 9.53 Å². The van der Waals surface area contributed by atoms with Crippen LogP contribution in [0.3, 0.4) is 0 Å². The molecule has 0 saturated heterocycles. The molecule has 2 N–H and O–H groups in total. The highest BCUT2D eigenvalue weighted by atomic mass is 35.5. The zero-order valence-corrected chi connectivity index (χ0v) is 14.1. The lowest BCUT2D eigenvalue weighted by molar-refractivity contribution is 0.0735. The molecule has 0 aliphatic rings. The van der Waals surface area contributed by atoms with E-state index in [4.69, 9.17) is 22.1 Å². The SMILES string of the molecule is Cc1cn(N=Cc2ccc(OC(=O)c3ccccc3Cl)cc2)c(N)n1. The monoisotopic (exact) mass is 354 g/mol. The molecule has 0 unspecified atom stereocenters. The number of aryl methyl sites for hydroxylation is 1. The van der Waals surface area contributed by atoms with Crippen molar-refractivity contribution in [2.45, 2.75) is 6.92 Å². The molecule has 2 aromatic carbocycles. The number of anilines is 1. The van der Waals surface area contributed by atoms with Crippen LogP contribution in [0.1, 0.15) is 21.6 Å². The highest BCUT2D eigenvalue weighted by molar-refractivity contribution is 6.33. The Balaban J connectivity index is 1.69. The van der Waals surface area contributed by atoms with Crippen LogP contribution >= 0.6 is 11.6 Å². The maximum absolute atomic E-state index is 12.1. The lowest BCUT2D eigenvalue weighted by Gasteiger charge is -2.05. The number of rotatable bonds is 4. The molecule has 0 atom stereocenters. The van der Waals surface area contributed by atoms with Gasteiger partial charge in [0.05, 0.1) is 28.7 Å². The topological polar surface area (TPSA) is 82.5 Å². The molecule has 0 aliphatic carbocycles. The third-order valence-electron chi connectivity index (χ3n) is 3.35. The van der Waals surface area contributed by atoms with Gasteiger partial charge in [0.1, 0.15) is 5.75 Å². The zero-order valence-electron chi connectivity index (χ0n) is 13.4. The summed E-state index contributed by atoms with van der Waals surface area (Å²) in [4.78, 5) is 16.2. The van der Waals surface area contributed by atoms with Gasteiger partial charge in [-0.1, -0.05) is 23.7 Å². The predicted molar refractivity (Wildman–Crippen MR) is 97.2 cm³/mol. The van der Waals surface area contributed by atoms with Gasteiger partial charge in [0.15, 0.2) is 0 Å². The van der Waals surface area contributed by atoms with Gasteiger partial charge in [0.2, 0.25) is 5.95 Å². The van der Waals surface area contributed by atoms with Crippen LogP contribution < -0.4 is 10.5 Å². The van der Waals surface area contributed by atoms with E-state index in [0.29, 0.717) is 22.3 Å². The number of carbonyl (C=O) groups excluding carboxylic acids is 1. The largest absolute Gasteiger partial charge is 0.423 e. The van der Waals surface area contributed by atoms with Gasteiger partial charge in [-0.05, 0) is 48.9 Å². The molecule has 25 heavy (non-hydrogen) atoms. The molecule has 0 aliphatic heterocycles. The number of carbonyl (C=O) groups is 1. The summed E-state index contributed by atoms with van der Waals surface area (Å²) in [5.74, 6) is 0.229. The number of hydrogen-bond acceptors (Lipinski definition) is 5. The molecule has 0 spiro atoms. The Kier molecular flexibility index (Phi) is 4.81. The van der Waals surface area contributed by atoms with E-state index >= 15 is 0 Å². The summed E-state index contributed by atoms with van der Waals surface area (Å²) in [7, 11) is 0. The number of benzene rings is 2. The highest BCUT2D eigenvalue weighted by Gasteiger charge is 2.11. The summed E-state index contributed by atoms with van der Waals surface area (Å²) in [5, 5.41) is 4.58. The van der Waals surface area contributed by atoms with Crippen LogP contribution in [-0.4, -0.2) is 21.8 Å². The van der Waals surface area contributed by atoms with Crippen molar-refractivity contribution in [3.05, 3.63) is 76.6 Å². The predicted octanol–water partition coefficient (Wildman–Crippen LogP) is 3.53. The van der Waals surface area contributed by atoms with E-state index in [9.17, 15) is 4.79 Å². The molecular formula is C18H15ClN4O2. The second-order valence-corrected chi connectivity index (χ2v) is 5.68. The summed E-state index contributed by atoms with van der Waals surface area (Å²) in [6.07, 6.45) is 3.36. The summed E-state index contributed by atoms with van der Waals surface area (Å²) in [6.45, 7) is 1.84. The van der Waals surface area contributed by atoms with Gasteiger partial charge in [0, 0.05) is 0 Å². The Morgan fingerprint density at radius 2 is 1.96 bits per heavy atom. The average Bonchev–Trinajstić information content (AvgIpc) is 2.92. The number of nitrogens with two attached hydrogens (primary N) is 1. The molecule has 0 fully saturated rings. The van der Waals surface area contributed by atoms with Gasteiger partial charge >= 0.3 is 5.97 Å². The Labute approximate surface area is 149 Å². The first kappa shape index (κ1) is 16.7. The van der Waals surface area contributed by atoms with Crippen LogP contribution in [0.2, 0.25) is 5.02 Å². The van der Waals surface area contributed by atoms with Gasteiger partial charge in [-0.3, -0.25) is 0 Å². The maximum atomic E-state index is 12.1. The molecule has 0 amide bonds. The van der Waals surface area contributed by atoms with Crippen LogP contribution in [0, 0.1) is 6.92 Å². The molecule has 1 heterocycles. The fourth-order valence-corrected chi connectivity index (χ4v) is 2.35. The van der Waals surface area contributed by atoms with E-state index in [0.717, 1.165) is 11.3 Å². The molecule has 6 nitrogen and oxygen atoms in total. The fraction of sp³-hybridized carbons (Fsp3) is 0.0556. The van der Waals surface area contributed by atoms with Gasteiger partial charge in [-0.25, -0.2) is 14.5 Å². The van der Waals surface area contributed by atoms with E-state index in [1.165, 1.54) is 4.68 Å². The number of imidazole rings is 1. The minimum absolute atomic E-state index is 0.319. The number of nitrogens with zero attached hydrogens (tertiary/aromatic N) is 3. The summed E-state index contributed by atoms with van der Waals surface area (Å²) < 4.78 is 6.81. The average molecular weight is 355 g/mol. The second kappa shape index (κ2) is 7.19. The summed E-state index contributed by atoms with van der Waals surface area (Å²) >= 11 is 5.99. The lowest BCUT2D eigenvalue weighted by Crippen LogP contribution is -2.09. The standard InChI is InChI=1S/C18H15ClN4O2/c1-12-11-23(18(20)22-12)21-10-13-6-8-14(9-7-13)25-17(24)15-4-2-3-5-16(15)19/h2-11H,1H3,(H2,20,22). The van der Waals surface area contributed by atoms with E-state index in [1.54, 1.807) is 60.9 Å². The van der Waals surface area contributed by atoms with E-state index in [1.807, 2.05) is 6.92 Å². The van der Waals surface area contributed by atoms with E-state index in [-0.39, 0.29) is 0 Å². The molecule has 7 heteroatoms. The minimum atomic E-state index is -0.506. The van der Waals surface area contributed by atoms with Gasteiger partial charge in [-0.15, -0.1) is 0 Å². The van der Waals surface area contributed by atoms with Crippen molar-refractivity contribution in [1.82, 2.24) is 9.66 Å². The second-order valence-electron chi connectivity index (χ2n) is 5.27. The number of halogens is 1. The molecule has 126 valence electrons. The number of aromatic nitrogens is 2. The highest BCUT2D eigenvalue weighted by Crippen LogP contribution is 2.19. The van der Waals surface area contributed by atoms with E-state index < -0.39 is 5.97 Å². The molecule has 0 saturated carbocycles. The zero-order chi connectivity index (χ0) is 17.8. The van der Waals surface area contributed by atoms with Crippen molar-refractivity contribution in [3.63, 3.8) is 0 Å². The van der Waals surface area contributed by atoms with Crippen LogP contribution in [0.4, 0.5) is 5.95 Å². The van der Waals surface area contributed by atoms with Crippen molar-refractivity contribution in [3.8, 4) is 5.75 Å².